The van der Waals surface area contributed by atoms with E-state index < -0.39 is 24.0 Å². The second-order valence-corrected chi connectivity index (χ2v) is 5.59. The molecule has 3 N–H and O–H groups in total. The molecule has 1 aliphatic rings. The maximum absolute atomic E-state index is 14.0. The molecule has 1 heterocycles. The highest BCUT2D eigenvalue weighted by molar-refractivity contribution is 5.48. The predicted molar refractivity (Wildman–Crippen MR) is 68.0 cm³/mol. The molecule has 0 spiro atoms. The highest BCUT2D eigenvalue weighted by atomic mass is 19.3. The monoisotopic (exact) mass is 287 g/mol. The van der Waals surface area contributed by atoms with Crippen molar-refractivity contribution in [2.75, 3.05) is 6.61 Å². The highest BCUT2D eigenvalue weighted by Gasteiger charge is 2.48. The maximum atomic E-state index is 14.0. The van der Waals surface area contributed by atoms with Crippen molar-refractivity contribution in [2.45, 2.75) is 37.7 Å². The molecule has 0 saturated heterocycles. The molecule has 20 heavy (non-hydrogen) atoms. The zero-order valence-electron chi connectivity index (χ0n) is 11.3. The van der Waals surface area contributed by atoms with Crippen LogP contribution in [-0.4, -0.2) is 28.1 Å². The lowest BCUT2D eigenvalue weighted by Gasteiger charge is -2.40. The standard InChI is InChI=1S/C13H17F2N2O3/c1-12(2)6-10(13(14,15)7-18)9-5-8(17(16)19)3-4-11(9)20-12/h3-5,10,18H,6-7H2,1-2H3,(H2,16,19)/q+1. The summed E-state index contributed by atoms with van der Waals surface area (Å²) in [5.41, 5.74) is -0.532. The van der Waals surface area contributed by atoms with E-state index in [1.165, 1.54) is 18.2 Å². The largest absolute Gasteiger partial charge is 0.488 e. The second kappa shape index (κ2) is 4.66. The molecule has 0 fully saturated rings. The van der Waals surface area contributed by atoms with Crippen molar-refractivity contribution in [1.29, 1.82) is 0 Å². The summed E-state index contributed by atoms with van der Waals surface area (Å²) in [5.74, 6) is 0.844. The highest BCUT2D eigenvalue weighted by Crippen LogP contribution is 2.48. The Kier molecular flexibility index (Phi) is 3.41. The number of hydrazine groups is 1. The van der Waals surface area contributed by atoms with E-state index in [9.17, 15) is 13.7 Å². The van der Waals surface area contributed by atoms with E-state index in [0.717, 1.165) is 0 Å². The lowest BCUT2D eigenvalue weighted by atomic mass is 9.80. The summed E-state index contributed by atoms with van der Waals surface area (Å²) in [4.78, 5) is 11.2. The number of aliphatic hydroxyl groups excluding tert-OH is 1. The molecule has 1 aromatic rings. The van der Waals surface area contributed by atoms with Gasteiger partial charge in [0.05, 0.1) is 10.8 Å². The van der Waals surface area contributed by atoms with E-state index in [1.807, 2.05) is 0 Å². The van der Waals surface area contributed by atoms with Crippen LogP contribution in [0.15, 0.2) is 18.2 Å². The summed E-state index contributed by atoms with van der Waals surface area (Å²) in [7, 11) is 0. The number of hydrogen-bond acceptors (Lipinski definition) is 3. The molecule has 0 bridgehead atoms. The van der Waals surface area contributed by atoms with Crippen molar-refractivity contribution < 1.29 is 23.5 Å². The number of halogens is 2. The maximum Gasteiger partial charge on any atom is 0.292 e. The van der Waals surface area contributed by atoms with Crippen LogP contribution in [0.5, 0.6) is 5.75 Å². The Morgan fingerprint density at radius 2 is 2.20 bits per heavy atom. The van der Waals surface area contributed by atoms with Gasteiger partial charge >= 0.3 is 0 Å². The molecule has 110 valence electrons. The molecule has 5 nitrogen and oxygen atoms in total. The molecule has 0 radical (unpaired) electrons. The number of hydrogen-bond donors (Lipinski definition) is 2. The zero-order chi connectivity index (χ0) is 15.1. The van der Waals surface area contributed by atoms with Gasteiger partial charge in [-0.3, -0.25) is 0 Å². The predicted octanol–water partition coefficient (Wildman–Crippen LogP) is 2.24. The quantitative estimate of drug-likeness (QED) is 0.508. The number of rotatable bonds is 3. The average molecular weight is 287 g/mol. The summed E-state index contributed by atoms with van der Waals surface area (Å²) in [6.07, 6.45) is 0.0282. The van der Waals surface area contributed by atoms with Crippen molar-refractivity contribution >= 4 is 5.69 Å². The third-order valence-electron chi connectivity index (χ3n) is 3.43. The molecule has 1 aromatic carbocycles. The molecule has 7 heteroatoms. The summed E-state index contributed by atoms with van der Waals surface area (Å²) in [6.45, 7) is 2.14. The SMILES string of the molecule is CC1(C)CC(C(F)(F)CO)c2cc([N+](N)=O)ccc2O1. The van der Waals surface area contributed by atoms with Gasteiger partial charge in [0, 0.05) is 17.7 Å². The summed E-state index contributed by atoms with van der Waals surface area (Å²) in [6, 6.07) is 4.14. The zero-order valence-corrected chi connectivity index (χ0v) is 11.3. The van der Waals surface area contributed by atoms with E-state index in [-0.39, 0.29) is 28.3 Å². The third-order valence-corrected chi connectivity index (χ3v) is 3.43. The lowest BCUT2D eigenvalue weighted by Crippen LogP contribution is -2.42. The smallest absolute Gasteiger partial charge is 0.292 e. The van der Waals surface area contributed by atoms with Gasteiger partial charge in [-0.05, 0) is 26.3 Å². The minimum absolute atomic E-state index is 0.0282. The minimum Gasteiger partial charge on any atom is -0.488 e. The molecule has 1 aliphatic heterocycles. The fraction of sp³-hybridized carbons (Fsp3) is 0.538. The first-order valence-electron chi connectivity index (χ1n) is 6.20. The van der Waals surface area contributed by atoms with Gasteiger partial charge in [-0.15, -0.1) is 0 Å². The summed E-state index contributed by atoms with van der Waals surface area (Å²) < 4.78 is 33.6. The Hall–Kier alpha value is -1.76. The Morgan fingerprint density at radius 3 is 2.75 bits per heavy atom. The number of ether oxygens (including phenoxy) is 1. The molecule has 1 atom stereocenters. The number of aliphatic hydroxyl groups is 1. The Morgan fingerprint density at radius 1 is 1.55 bits per heavy atom. The number of nitrogens with zero attached hydrogens (tertiary/aromatic N) is 1. The van der Waals surface area contributed by atoms with Crippen molar-refractivity contribution in [3.63, 3.8) is 0 Å². The van der Waals surface area contributed by atoms with Gasteiger partial charge in [-0.2, -0.15) is 5.84 Å². The van der Waals surface area contributed by atoms with Crippen LogP contribution in [0.4, 0.5) is 14.5 Å². The fourth-order valence-electron chi connectivity index (χ4n) is 2.47. The molecule has 2 rings (SSSR count). The first kappa shape index (κ1) is 14.6. The van der Waals surface area contributed by atoms with Gasteiger partial charge in [0.1, 0.15) is 18.0 Å². The van der Waals surface area contributed by atoms with E-state index >= 15 is 0 Å². The first-order chi connectivity index (χ1) is 9.16. The van der Waals surface area contributed by atoms with Crippen LogP contribution in [0.2, 0.25) is 0 Å². The number of fused-ring (bicyclic) bond motifs is 1. The minimum atomic E-state index is -3.29. The van der Waals surface area contributed by atoms with Crippen LogP contribution >= 0.6 is 0 Å². The van der Waals surface area contributed by atoms with Crippen LogP contribution in [0, 0.1) is 4.91 Å². The first-order valence-corrected chi connectivity index (χ1v) is 6.20. The van der Waals surface area contributed by atoms with Crippen molar-refractivity contribution in [3.8, 4) is 5.75 Å². The summed E-state index contributed by atoms with van der Waals surface area (Å²) in [5, 5.41) is 8.93. The van der Waals surface area contributed by atoms with Crippen LogP contribution in [0.3, 0.4) is 0 Å². The molecule has 0 saturated carbocycles. The van der Waals surface area contributed by atoms with E-state index in [2.05, 4.69) is 0 Å². The van der Waals surface area contributed by atoms with Gasteiger partial charge in [0.2, 0.25) is 0 Å². The van der Waals surface area contributed by atoms with E-state index in [4.69, 9.17) is 15.7 Å². The van der Waals surface area contributed by atoms with E-state index in [1.54, 1.807) is 13.8 Å². The third kappa shape index (κ3) is 2.58. The number of benzene rings is 1. The number of nitroso groups, excluding NO2 is 1. The Bertz CT molecular complexity index is 546. The lowest BCUT2D eigenvalue weighted by molar-refractivity contribution is -0.474. The van der Waals surface area contributed by atoms with E-state index in [0.29, 0.717) is 0 Å². The van der Waals surface area contributed by atoms with Crippen molar-refractivity contribution in [1.82, 2.24) is 0 Å². The number of alkyl halides is 2. The van der Waals surface area contributed by atoms with Gasteiger partial charge in [-0.1, -0.05) is 0 Å². The second-order valence-electron chi connectivity index (χ2n) is 5.59. The average Bonchev–Trinajstić information content (AvgIpc) is 2.36. The van der Waals surface area contributed by atoms with Crippen molar-refractivity contribution in [3.05, 3.63) is 28.7 Å². The molecule has 0 amide bonds. The summed E-state index contributed by atoms with van der Waals surface area (Å²) >= 11 is 0. The molecule has 0 aromatic heterocycles. The van der Waals surface area contributed by atoms with Gasteiger partial charge < -0.3 is 9.84 Å². The van der Waals surface area contributed by atoms with Gasteiger partial charge in [0.25, 0.3) is 11.6 Å². The van der Waals surface area contributed by atoms with Crippen LogP contribution in [-0.2, 0) is 0 Å². The van der Waals surface area contributed by atoms with Gasteiger partial charge in [0.15, 0.2) is 4.87 Å². The fourth-order valence-corrected chi connectivity index (χ4v) is 2.47. The molecule has 1 unspecified atom stereocenters. The van der Waals surface area contributed by atoms with Crippen molar-refractivity contribution in [2.24, 2.45) is 5.84 Å². The Labute approximate surface area is 114 Å². The van der Waals surface area contributed by atoms with Crippen LogP contribution < -0.4 is 10.6 Å². The van der Waals surface area contributed by atoms with Gasteiger partial charge in [-0.25, -0.2) is 8.78 Å². The molecular formula is C13H17F2N2O3+. The number of nitrogens with two attached hydrogens (primary N) is 1. The van der Waals surface area contributed by atoms with Crippen LogP contribution in [0.1, 0.15) is 31.7 Å². The topological polar surface area (TPSA) is 75.6 Å². The molecule has 0 aliphatic carbocycles. The Balaban J connectivity index is 2.55. The van der Waals surface area contributed by atoms with Crippen LogP contribution in [0.25, 0.3) is 0 Å². The normalized spacial score (nSPS) is 20.9. The molecular weight excluding hydrogens is 270 g/mol.